The highest BCUT2D eigenvalue weighted by molar-refractivity contribution is 5.16. The van der Waals surface area contributed by atoms with Crippen LogP contribution in [0.15, 0.2) is 6.20 Å². The molecule has 0 spiro atoms. The zero-order valence-corrected chi connectivity index (χ0v) is 12.4. The molecule has 104 valence electrons. The zero-order chi connectivity index (χ0) is 13.4. The van der Waals surface area contributed by atoms with Crippen molar-refractivity contribution in [3.8, 4) is 0 Å². The van der Waals surface area contributed by atoms with Crippen LogP contribution < -0.4 is 5.32 Å². The summed E-state index contributed by atoms with van der Waals surface area (Å²) >= 11 is 0. The molecule has 0 atom stereocenters. The van der Waals surface area contributed by atoms with Crippen LogP contribution in [0, 0.1) is 0 Å². The van der Waals surface area contributed by atoms with Gasteiger partial charge in [-0.15, -0.1) is 0 Å². The van der Waals surface area contributed by atoms with Gasteiger partial charge in [0.05, 0.1) is 5.69 Å². The molecule has 0 aliphatic carbocycles. The van der Waals surface area contributed by atoms with Crippen LogP contribution in [0.1, 0.15) is 38.4 Å². The Kier molecular flexibility index (Phi) is 6.98. The quantitative estimate of drug-likeness (QED) is 0.680. The second-order valence-electron chi connectivity index (χ2n) is 4.69. The van der Waals surface area contributed by atoms with Crippen molar-refractivity contribution in [3.63, 3.8) is 0 Å². The molecule has 4 nitrogen and oxygen atoms in total. The fraction of sp³-hybridized carbons (Fsp3) is 0.786. The average molecular weight is 252 g/mol. The number of aryl methyl sites for hydroxylation is 2. The van der Waals surface area contributed by atoms with E-state index < -0.39 is 0 Å². The first-order valence-electron chi connectivity index (χ1n) is 7.15. The summed E-state index contributed by atoms with van der Waals surface area (Å²) in [4.78, 5) is 2.46. The molecule has 1 N–H and O–H groups in total. The maximum absolute atomic E-state index is 4.45. The largest absolute Gasteiger partial charge is 0.312 e. The van der Waals surface area contributed by atoms with E-state index in [-0.39, 0.29) is 0 Å². The predicted octanol–water partition coefficient (Wildman–Crippen LogP) is 1.80. The molecular weight excluding hydrogens is 224 g/mol. The summed E-state index contributed by atoms with van der Waals surface area (Å²) in [6.45, 7) is 12.1. The highest BCUT2D eigenvalue weighted by atomic mass is 15.3. The molecule has 0 fully saturated rings. The van der Waals surface area contributed by atoms with E-state index in [1.807, 2.05) is 11.7 Å². The van der Waals surface area contributed by atoms with Gasteiger partial charge in [0.1, 0.15) is 0 Å². The number of hydrogen-bond acceptors (Lipinski definition) is 3. The normalized spacial score (nSPS) is 11.4. The molecule has 1 aromatic rings. The number of aromatic nitrogens is 2. The van der Waals surface area contributed by atoms with E-state index in [9.17, 15) is 0 Å². The van der Waals surface area contributed by atoms with Crippen molar-refractivity contribution in [2.75, 3.05) is 26.2 Å². The monoisotopic (exact) mass is 252 g/mol. The van der Waals surface area contributed by atoms with Crippen LogP contribution in [-0.4, -0.2) is 40.9 Å². The van der Waals surface area contributed by atoms with E-state index in [4.69, 9.17) is 0 Å². The molecule has 1 rings (SSSR count). The Bertz CT molecular complexity index is 329. The Morgan fingerprint density at radius 3 is 2.61 bits per heavy atom. The van der Waals surface area contributed by atoms with E-state index >= 15 is 0 Å². The highest BCUT2D eigenvalue weighted by Gasteiger charge is 2.05. The minimum absolute atomic E-state index is 0.940. The fourth-order valence-electron chi connectivity index (χ4n) is 2.22. The summed E-state index contributed by atoms with van der Waals surface area (Å²) in [5.74, 6) is 0. The van der Waals surface area contributed by atoms with Crippen molar-refractivity contribution in [2.24, 2.45) is 7.05 Å². The van der Waals surface area contributed by atoms with Gasteiger partial charge in [0.25, 0.3) is 0 Å². The Morgan fingerprint density at radius 2 is 2.00 bits per heavy atom. The third kappa shape index (κ3) is 4.78. The smallest absolute Gasteiger partial charge is 0.0666 e. The third-order valence-electron chi connectivity index (χ3n) is 3.36. The van der Waals surface area contributed by atoms with Gasteiger partial charge in [0.2, 0.25) is 0 Å². The minimum atomic E-state index is 0.940. The summed E-state index contributed by atoms with van der Waals surface area (Å²) in [7, 11) is 1.99. The highest BCUT2D eigenvalue weighted by Crippen LogP contribution is 2.06. The van der Waals surface area contributed by atoms with E-state index in [2.05, 4.69) is 42.3 Å². The lowest BCUT2D eigenvalue weighted by Crippen LogP contribution is -2.27. The molecule has 0 radical (unpaired) electrons. The van der Waals surface area contributed by atoms with Gasteiger partial charge in [0, 0.05) is 25.4 Å². The van der Waals surface area contributed by atoms with Crippen LogP contribution in [0.2, 0.25) is 0 Å². The van der Waals surface area contributed by atoms with Gasteiger partial charge in [-0.2, -0.15) is 5.10 Å². The molecule has 18 heavy (non-hydrogen) atoms. The first kappa shape index (κ1) is 15.2. The van der Waals surface area contributed by atoms with Crippen molar-refractivity contribution in [2.45, 2.75) is 40.2 Å². The Balaban J connectivity index is 2.21. The summed E-state index contributed by atoms with van der Waals surface area (Å²) < 4.78 is 1.91. The molecule has 1 aromatic heterocycles. The van der Waals surface area contributed by atoms with Crippen LogP contribution in [0.3, 0.4) is 0 Å². The van der Waals surface area contributed by atoms with Gasteiger partial charge in [0.15, 0.2) is 0 Å². The molecular formula is C14H28N4. The zero-order valence-electron chi connectivity index (χ0n) is 12.4. The van der Waals surface area contributed by atoms with Gasteiger partial charge in [-0.1, -0.05) is 20.8 Å². The van der Waals surface area contributed by atoms with E-state index in [1.165, 1.54) is 24.2 Å². The van der Waals surface area contributed by atoms with Gasteiger partial charge in [-0.25, -0.2) is 0 Å². The van der Waals surface area contributed by atoms with Gasteiger partial charge < -0.3 is 10.2 Å². The van der Waals surface area contributed by atoms with Crippen LogP contribution in [0.4, 0.5) is 0 Å². The lowest BCUT2D eigenvalue weighted by Gasteiger charge is -2.17. The van der Waals surface area contributed by atoms with Crippen molar-refractivity contribution in [1.82, 2.24) is 20.0 Å². The first-order valence-corrected chi connectivity index (χ1v) is 7.15. The Hall–Kier alpha value is -0.870. The van der Waals surface area contributed by atoms with Crippen LogP contribution >= 0.6 is 0 Å². The van der Waals surface area contributed by atoms with Crippen LogP contribution in [0.25, 0.3) is 0 Å². The standard InChI is InChI=1S/C14H28N4/c1-5-14-13(12-17(4)16-14)11-15-9-8-10-18(6-2)7-3/h12,15H,5-11H2,1-4H3. The number of nitrogens with one attached hydrogen (secondary N) is 1. The summed E-state index contributed by atoms with van der Waals surface area (Å²) in [6, 6.07) is 0. The van der Waals surface area contributed by atoms with E-state index in [0.29, 0.717) is 0 Å². The number of nitrogens with zero attached hydrogens (tertiary/aromatic N) is 3. The lowest BCUT2D eigenvalue weighted by molar-refractivity contribution is 0.298. The minimum Gasteiger partial charge on any atom is -0.312 e. The maximum Gasteiger partial charge on any atom is 0.0666 e. The first-order chi connectivity index (χ1) is 8.71. The number of hydrogen-bond donors (Lipinski definition) is 1. The van der Waals surface area contributed by atoms with Crippen LogP contribution in [-0.2, 0) is 20.0 Å². The summed E-state index contributed by atoms with van der Waals surface area (Å²) in [5.41, 5.74) is 2.55. The predicted molar refractivity (Wildman–Crippen MR) is 76.7 cm³/mol. The van der Waals surface area contributed by atoms with Crippen molar-refractivity contribution in [3.05, 3.63) is 17.5 Å². The third-order valence-corrected chi connectivity index (χ3v) is 3.36. The molecule has 0 unspecified atom stereocenters. The van der Waals surface area contributed by atoms with Crippen molar-refractivity contribution in [1.29, 1.82) is 0 Å². The maximum atomic E-state index is 4.45. The van der Waals surface area contributed by atoms with Gasteiger partial charge in [-0.05, 0) is 39.0 Å². The van der Waals surface area contributed by atoms with Gasteiger partial charge in [-0.3, -0.25) is 4.68 Å². The Labute approximate surface area is 111 Å². The van der Waals surface area contributed by atoms with Crippen molar-refractivity contribution < 1.29 is 0 Å². The molecule has 0 aromatic carbocycles. The second-order valence-corrected chi connectivity index (χ2v) is 4.69. The fourth-order valence-corrected chi connectivity index (χ4v) is 2.22. The molecule has 0 aliphatic heterocycles. The Morgan fingerprint density at radius 1 is 1.28 bits per heavy atom. The van der Waals surface area contributed by atoms with Crippen molar-refractivity contribution >= 4 is 0 Å². The molecule has 0 saturated heterocycles. The topological polar surface area (TPSA) is 33.1 Å². The molecule has 1 heterocycles. The van der Waals surface area contributed by atoms with Crippen LogP contribution in [0.5, 0.6) is 0 Å². The molecule has 0 amide bonds. The molecule has 0 aliphatic rings. The van der Waals surface area contributed by atoms with Gasteiger partial charge >= 0.3 is 0 Å². The van der Waals surface area contributed by atoms with E-state index in [0.717, 1.165) is 32.6 Å². The molecule has 0 bridgehead atoms. The number of rotatable bonds is 9. The lowest BCUT2D eigenvalue weighted by atomic mass is 10.2. The molecule has 0 saturated carbocycles. The van der Waals surface area contributed by atoms with E-state index in [1.54, 1.807) is 0 Å². The molecule has 4 heteroatoms. The second kappa shape index (κ2) is 8.27. The summed E-state index contributed by atoms with van der Waals surface area (Å²) in [5, 5.41) is 7.96. The average Bonchev–Trinajstić information content (AvgIpc) is 2.74. The summed E-state index contributed by atoms with van der Waals surface area (Å²) in [6.07, 6.45) is 4.34. The SMILES string of the molecule is CCc1nn(C)cc1CNCCCN(CC)CC.